The quantitative estimate of drug-likeness (QED) is 0.508. The van der Waals surface area contributed by atoms with Crippen LogP contribution in [0.2, 0.25) is 0 Å². The topological polar surface area (TPSA) is 128 Å². The third-order valence-electron chi connectivity index (χ3n) is 3.88. The predicted octanol–water partition coefficient (Wildman–Crippen LogP) is 2.74. The van der Waals surface area contributed by atoms with E-state index in [9.17, 15) is 18.5 Å². The zero-order valence-corrected chi connectivity index (χ0v) is 15.4. The first-order valence-corrected chi connectivity index (χ1v) is 9.39. The Kier molecular flexibility index (Phi) is 5.02. The molecule has 1 N–H and O–H groups in total. The van der Waals surface area contributed by atoms with Crippen LogP contribution in [0.25, 0.3) is 11.4 Å². The maximum Gasteiger partial charge on any atom is 0.273 e. The molecule has 0 aliphatic carbocycles. The van der Waals surface area contributed by atoms with E-state index in [1.54, 1.807) is 0 Å². The van der Waals surface area contributed by atoms with Crippen LogP contribution >= 0.6 is 0 Å². The largest absolute Gasteiger partial charge is 0.338 e. The second kappa shape index (κ2) is 7.25. The molecule has 0 saturated carbocycles. The zero-order chi connectivity index (χ0) is 19.6. The predicted molar refractivity (Wildman–Crippen MR) is 96.3 cm³/mol. The number of benzene rings is 2. The van der Waals surface area contributed by atoms with Gasteiger partial charge in [-0.25, -0.2) is 13.1 Å². The number of rotatable bonds is 6. The van der Waals surface area contributed by atoms with Crippen LogP contribution < -0.4 is 4.72 Å². The number of sulfonamides is 1. The molecule has 2 aromatic carbocycles. The average molecular weight is 388 g/mol. The lowest BCUT2D eigenvalue weighted by atomic mass is 10.1. The van der Waals surface area contributed by atoms with Gasteiger partial charge in [0.1, 0.15) is 0 Å². The molecule has 9 nitrogen and oxygen atoms in total. The van der Waals surface area contributed by atoms with Crippen LogP contribution in [0.1, 0.15) is 17.0 Å². The third-order valence-corrected chi connectivity index (χ3v) is 5.28. The van der Waals surface area contributed by atoms with E-state index in [1.165, 1.54) is 19.1 Å². The number of hydrogen-bond donors (Lipinski definition) is 1. The van der Waals surface area contributed by atoms with E-state index in [-0.39, 0.29) is 23.0 Å². The van der Waals surface area contributed by atoms with Crippen molar-refractivity contribution >= 4 is 15.7 Å². The molecule has 0 amide bonds. The van der Waals surface area contributed by atoms with E-state index in [1.807, 2.05) is 31.2 Å². The fourth-order valence-corrected chi connectivity index (χ4v) is 3.33. The van der Waals surface area contributed by atoms with Gasteiger partial charge >= 0.3 is 0 Å². The van der Waals surface area contributed by atoms with Crippen molar-refractivity contribution in [3.8, 4) is 11.4 Å². The van der Waals surface area contributed by atoms with E-state index in [2.05, 4.69) is 14.9 Å². The van der Waals surface area contributed by atoms with E-state index >= 15 is 0 Å². The molecule has 140 valence electrons. The summed E-state index contributed by atoms with van der Waals surface area (Å²) < 4.78 is 32.1. The Morgan fingerprint density at radius 2 is 1.85 bits per heavy atom. The van der Waals surface area contributed by atoms with E-state index in [0.717, 1.165) is 17.2 Å². The number of aromatic nitrogens is 2. The first-order valence-electron chi connectivity index (χ1n) is 7.90. The SMILES string of the molecule is Cc1ccc(-c2noc(CNS(=O)(=O)c3ccc(C)c([N+](=O)[O-])c3)n2)cc1. The van der Waals surface area contributed by atoms with Gasteiger partial charge in [-0.1, -0.05) is 41.1 Å². The van der Waals surface area contributed by atoms with Gasteiger partial charge in [0.25, 0.3) is 5.69 Å². The first-order chi connectivity index (χ1) is 12.8. The molecule has 0 aliphatic heterocycles. The average Bonchev–Trinajstić information content (AvgIpc) is 3.10. The van der Waals surface area contributed by atoms with Crippen LogP contribution in [0.3, 0.4) is 0 Å². The summed E-state index contributed by atoms with van der Waals surface area (Å²) >= 11 is 0. The zero-order valence-electron chi connectivity index (χ0n) is 14.5. The minimum absolute atomic E-state index is 0.0794. The monoisotopic (exact) mass is 388 g/mol. The fourth-order valence-electron chi connectivity index (χ4n) is 2.34. The molecule has 10 heteroatoms. The van der Waals surface area contributed by atoms with Crippen LogP contribution in [-0.2, 0) is 16.6 Å². The van der Waals surface area contributed by atoms with Gasteiger partial charge in [0.05, 0.1) is 16.4 Å². The van der Waals surface area contributed by atoms with Crippen molar-refractivity contribution in [2.45, 2.75) is 25.3 Å². The summed E-state index contributed by atoms with van der Waals surface area (Å²) in [6.45, 7) is 3.26. The number of hydrogen-bond acceptors (Lipinski definition) is 7. The summed E-state index contributed by atoms with van der Waals surface area (Å²) in [5, 5.41) is 14.8. The molecule has 0 aliphatic rings. The van der Waals surface area contributed by atoms with E-state index < -0.39 is 14.9 Å². The van der Waals surface area contributed by atoms with Crippen LogP contribution in [-0.4, -0.2) is 23.5 Å². The molecular weight excluding hydrogens is 372 g/mol. The van der Waals surface area contributed by atoms with Crippen molar-refractivity contribution in [2.75, 3.05) is 0 Å². The number of aryl methyl sites for hydroxylation is 2. The summed E-state index contributed by atoms with van der Waals surface area (Å²) in [7, 11) is -3.97. The summed E-state index contributed by atoms with van der Waals surface area (Å²) in [6.07, 6.45) is 0. The molecule has 3 aromatic rings. The summed E-state index contributed by atoms with van der Waals surface area (Å²) in [6, 6.07) is 11.2. The molecule has 0 atom stereocenters. The lowest BCUT2D eigenvalue weighted by Gasteiger charge is -2.05. The van der Waals surface area contributed by atoms with Crippen LogP contribution in [0.5, 0.6) is 0 Å². The molecule has 3 rings (SSSR count). The maximum absolute atomic E-state index is 12.4. The Balaban J connectivity index is 1.75. The fraction of sp³-hybridized carbons (Fsp3) is 0.176. The molecule has 0 radical (unpaired) electrons. The maximum atomic E-state index is 12.4. The standard InChI is InChI=1S/C17H16N4O5S/c1-11-3-6-13(7-4-11)17-19-16(26-20-17)10-18-27(24,25)14-8-5-12(2)15(9-14)21(22)23/h3-9,18H,10H2,1-2H3. The van der Waals surface area contributed by atoms with Gasteiger partial charge in [-0.3, -0.25) is 10.1 Å². The number of nitro groups is 1. The molecule has 0 bridgehead atoms. The van der Waals surface area contributed by atoms with Gasteiger partial charge in [-0.15, -0.1) is 0 Å². The number of nitro benzene ring substituents is 1. The highest BCUT2D eigenvalue weighted by Gasteiger charge is 2.20. The minimum Gasteiger partial charge on any atom is -0.338 e. The van der Waals surface area contributed by atoms with E-state index in [4.69, 9.17) is 4.52 Å². The number of nitrogens with one attached hydrogen (secondary N) is 1. The smallest absolute Gasteiger partial charge is 0.273 e. The van der Waals surface area contributed by atoms with Gasteiger partial charge in [-0.05, 0) is 19.9 Å². The first kappa shape index (κ1) is 18.7. The summed E-state index contributed by atoms with van der Waals surface area (Å²) in [5.74, 6) is 0.422. The lowest BCUT2D eigenvalue weighted by Crippen LogP contribution is -2.23. The highest BCUT2D eigenvalue weighted by atomic mass is 32.2. The Hall–Kier alpha value is -3.11. The highest BCUT2D eigenvalue weighted by Crippen LogP contribution is 2.22. The van der Waals surface area contributed by atoms with Crippen molar-refractivity contribution in [1.29, 1.82) is 0 Å². The van der Waals surface area contributed by atoms with Gasteiger partial charge in [0.2, 0.25) is 21.7 Å². The van der Waals surface area contributed by atoms with E-state index in [0.29, 0.717) is 11.4 Å². The van der Waals surface area contributed by atoms with Crippen molar-refractivity contribution < 1.29 is 17.9 Å². The number of nitrogens with zero attached hydrogens (tertiary/aromatic N) is 3. The highest BCUT2D eigenvalue weighted by molar-refractivity contribution is 7.89. The van der Waals surface area contributed by atoms with Crippen molar-refractivity contribution in [3.63, 3.8) is 0 Å². The normalized spacial score (nSPS) is 11.5. The molecule has 1 heterocycles. The van der Waals surface area contributed by atoms with Crippen LogP contribution in [0.15, 0.2) is 51.9 Å². The summed E-state index contributed by atoms with van der Waals surface area (Å²) in [5.41, 5.74) is 1.94. The Bertz CT molecular complexity index is 1090. The molecule has 0 saturated heterocycles. The van der Waals surface area contributed by atoms with Gasteiger partial charge in [-0.2, -0.15) is 4.98 Å². The molecule has 27 heavy (non-hydrogen) atoms. The van der Waals surface area contributed by atoms with Crippen molar-refractivity contribution in [3.05, 3.63) is 69.6 Å². The molecule has 1 aromatic heterocycles. The van der Waals surface area contributed by atoms with Crippen molar-refractivity contribution in [2.24, 2.45) is 0 Å². The third kappa shape index (κ3) is 4.18. The van der Waals surface area contributed by atoms with Gasteiger partial charge in [0.15, 0.2) is 0 Å². The van der Waals surface area contributed by atoms with Gasteiger partial charge < -0.3 is 4.52 Å². The molecular formula is C17H16N4O5S. The summed E-state index contributed by atoms with van der Waals surface area (Å²) in [4.78, 5) is 14.3. The minimum atomic E-state index is -3.97. The van der Waals surface area contributed by atoms with Gasteiger partial charge in [0, 0.05) is 17.2 Å². The van der Waals surface area contributed by atoms with Crippen LogP contribution in [0, 0.1) is 24.0 Å². The Labute approximate surface area is 155 Å². The second-order valence-electron chi connectivity index (χ2n) is 5.91. The Morgan fingerprint density at radius 1 is 1.15 bits per heavy atom. The second-order valence-corrected chi connectivity index (χ2v) is 7.67. The van der Waals surface area contributed by atoms with Crippen LogP contribution in [0.4, 0.5) is 5.69 Å². The molecule has 0 spiro atoms. The lowest BCUT2D eigenvalue weighted by molar-refractivity contribution is -0.385. The Morgan fingerprint density at radius 3 is 2.52 bits per heavy atom. The van der Waals surface area contributed by atoms with Crippen molar-refractivity contribution in [1.82, 2.24) is 14.9 Å². The molecule has 0 unspecified atom stereocenters. The molecule has 0 fully saturated rings.